The number of rotatable bonds is 7. The molecule has 0 N–H and O–H groups in total. The number of aromatic nitrogens is 4. The van der Waals surface area contributed by atoms with E-state index in [1.165, 1.54) is 6.07 Å². The van der Waals surface area contributed by atoms with Gasteiger partial charge < -0.3 is 9.13 Å². The summed E-state index contributed by atoms with van der Waals surface area (Å²) in [5, 5.41) is 25.0. The molecule has 0 aliphatic rings. The maximum Gasteiger partial charge on any atom is 0.416 e. The Morgan fingerprint density at radius 1 is 0.386 bits per heavy atom. The highest BCUT2D eigenvalue weighted by molar-refractivity contribution is 6.13. The van der Waals surface area contributed by atoms with Crippen LogP contribution in [0.3, 0.4) is 0 Å². The summed E-state index contributed by atoms with van der Waals surface area (Å²) >= 11 is 0. The van der Waals surface area contributed by atoms with Gasteiger partial charge in [0.05, 0.1) is 73.7 Å². The van der Waals surface area contributed by atoms with Crippen molar-refractivity contribution in [3.63, 3.8) is 0 Å². The quantitative estimate of drug-likeness (QED) is 0.159. The van der Waals surface area contributed by atoms with Gasteiger partial charge >= 0.3 is 6.18 Å². The van der Waals surface area contributed by atoms with Gasteiger partial charge in [-0.3, -0.25) is 9.97 Å². The SMILES string of the molecule is N#Cc1cc(-c2c(-n3c4ccccc4c4ccc(-c5cccnc5-c5ccccc5)cc43)cc(C#N)cc2-n2c3ccccc3c3ccc(-c4cccnc4-c4ccccc4)cc32)cc(C(F)(F)F)c1. The number of alkyl halides is 3. The zero-order valence-corrected chi connectivity index (χ0v) is 37.0. The number of nitrogens with zero attached hydrogens (tertiary/aromatic N) is 6. The molecule has 12 rings (SSSR count). The van der Waals surface area contributed by atoms with E-state index in [2.05, 4.69) is 42.5 Å². The van der Waals surface area contributed by atoms with Crippen LogP contribution in [0.4, 0.5) is 13.2 Å². The molecule has 0 spiro atoms. The van der Waals surface area contributed by atoms with Gasteiger partial charge in [-0.25, -0.2) is 0 Å². The van der Waals surface area contributed by atoms with Crippen LogP contribution in [-0.2, 0) is 6.18 Å². The first-order valence-corrected chi connectivity index (χ1v) is 22.6. The first kappa shape index (κ1) is 41.8. The lowest BCUT2D eigenvalue weighted by Gasteiger charge is -2.22. The minimum Gasteiger partial charge on any atom is -0.308 e. The van der Waals surface area contributed by atoms with Crippen LogP contribution in [0, 0.1) is 22.7 Å². The van der Waals surface area contributed by atoms with Crippen molar-refractivity contribution in [1.29, 1.82) is 10.5 Å². The largest absolute Gasteiger partial charge is 0.416 e. The summed E-state index contributed by atoms with van der Waals surface area (Å²) in [5.74, 6) is 0. The van der Waals surface area contributed by atoms with Crippen molar-refractivity contribution in [2.75, 3.05) is 0 Å². The Morgan fingerprint density at radius 3 is 1.30 bits per heavy atom. The lowest BCUT2D eigenvalue weighted by Crippen LogP contribution is -2.08. The second-order valence-corrected chi connectivity index (χ2v) is 17.1. The number of pyridine rings is 2. The molecule has 70 heavy (non-hydrogen) atoms. The van der Waals surface area contributed by atoms with Crippen molar-refractivity contribution >= 4 is 43.6 Å². The Morgan fingerprint density at radius 2 is 0.829 bits per heavy atom. The molecule has 6 nitrogen and oxygen atoms in total. The van der Waals surface area contributed by atoms with E-state index in [-0.39, 0.29) is 16.7 Å². The van der Waals surface area contributed by atoms with Crippen molar-refractivity contribution in [2.45, 2.75) is 6.18 Å². The van der Waals surface area contributed by atoms with Gasteiger partial charge in [0.25, 0.3) is 0 Å². The van der Waals surface area contributed by atoms with Crippen molar-refractivity contribution in [3.05, 3.63) is 229 Å². The van der Waals surface area contributed by atoms with Crippen LogP contribution < -0.4 is 0 Å². The van der Waals surface area contributed by atoms with Crippen LogP contribution in [0.5, 0.6) is 0 Å². The van der Waals surface area contributed by atoms with E-state index in [9.17, 15) is 10.5 Å². The van der Waals surface area contributed by atoms with Crippen LogP contribution in [0.1, 0.15) is 16.7 Å². The molecule has 4 aromatic heterocycles. The van der Waals surface area contributed by atoms with Gasteiger partial charge in [-0.15, -0.1) is 0 Å². The maximum absolute atomic E-state index is 15.0. The topological polar surface area (TPSA) is 83.2 Å². The van der Waals surface area contributed by atoms with Crippen LogP contribution in [0.2, 0.25) is 0 Å². The molecule has 0 saturated heterocycles. The molecular formula is C61H35F3N6. The minimum absolute atomic E-state index is 0.155. The molecule has 12 aromatic rings. The van der Waals surface area contributed by atoms with E-state index in [1.54, 1.807) is 24.5 Å². The van der Waals surface area contributed by atoms with E-state index >= 15 is 13.2 Å². The Hall–Kier alpha value is -9.57. The van der Waals surface area contributed by atoms with Gasteiger partial charge in [0.15, 0.2) is 0 Å². The summed E-state index contributed by atoms with van der Waals surface area (Å²) in [6.07, 6.45) is -1.24. The molecule has 0 aliphatic carbocycles. The molecule has 0 amide bonds. The van der Waals surface area contributed by atoms with Crippen molar-refractivity contribution < 1.29 is 13.2 Å². The van der Waals surface area contributed by atoms with E-state index in [0.29, 0.717) is 16.9 Å². The first-order chi connectivity index (χ1) is 34.3. The summed E-state index contributed by atoms with van der Waals surface area (Å²) in [4.78, 5) is 9.64. The Labute approximate surface area is 399 Å². The normalized spacial score (nSPS) is 11.6. The van der Waals surface area contributed by atoms with Crippen molar-refractivity contribution in [3.8, 4) is 79.4 Å². The van der Waals surface area contributed by atoms with Crippen molar-refractivity contribution in [2.24, 2.45) is 0 Å². The fourth-order valence-corrected chi connectivity index (χ4v) is 10.0. The van der Waals surface area contributed by atoms with Crippen LogP contribution >= 0.6 is 0 Å². The molecule has 330 valence electrons. The predicted octanol–water partition coefficient (Wildman–Crippen LogP) is 15.8. The molecule has 9 heteroatoms. The number of hydrogen-bond acceptors (Lipinski definition) is 4. The highest BCUT2D eigenvalue weighted by Gasteiger charge is 2.33. The second kappa shape index (κ2) is 16.6. The number of fused-ring (bicyclic) bond motifs is 6. The molecule has 0 bridgehead atoms. The molecule has 0 fully saturated rings. The lowest BCUT2D eigenvalue weighted by atomic mass is 9.94. The molecular weight excluding hydrogens is 874 g/mol. The van der Waals surface area contributed by atoms with Crippen LogP contribution in [0.25, 0.3) is 111 Å². The summed E-state index contributed by atoms with van der Waals surface area (Å²) < 4.78 is 49.2. The first-order valence-electron chi connectivity index (χ1n) is 22.6. The van der Waals surface area contributed by atoms with Crippen LogP contribution in [0.15, 0.2) is 213 Å². The minimum atomic E-state index is -4.78. The smallest absolute Gasteiger partial charge is 0.308 e. The van der Waals surface area contributed by atoms with Gasteiger partial charge in [-0.1, -0.05) is 133 Å². The Kier molecular flexibility index (Phi) is 9.94. The lowest BCUT2D eigenvalue weighted by molar-refractivity contribution is -0.137. The summed E-state index contributed by atoms with van der Waals surface area (Å²) in [6, 6.07) is 67.3. The summed E-state index contributed by atoms with van der Waals surface area (Å²) in [6.45, 7) is 0. The average molecular weight is 909 g/mol. The third-order valence-electron chi connectivity index (χ3n) is 13.1. The summed E-state index contributed by atoms with van der Waals surface area (Å²) in [7, 11) is 0. The number of halogens is 3. The predicted molar refractivity (Wildman–Crippen MR) is 272 cm³/mol. The van der Waals surface area contributed by atoms with E-state index in [4.69, 9.17) is 9.97 Å². The number of para-hydroxylation sites is 2. The molecule has 0 unspecified atom stereocenters. The molecule has 4 heterocycles. The Bertz CT molecular complexity index is 3920. The molecule has 0 radical (unpaired) electrons. The Balaban J connectivity index is 1.22. The number of benzene rings is 8. The van der Waals surface area contributed by atoms with E-state index in [1.807, 2.05) is 149 Å². The van der Waals surface area contributed by atoms with Gasteiger partial charge in [0.2, 0.25) is 0 Å². The third kappa shape index (κ3) is 6.96. The second-order valence-electron chi connectivity index (χ2n) is 17.1. The van der Waals surface area contributed by atoms with Gasteiger partial charge in [-0.2, -0.15) is 23.7 Å². The summed E-state index contributed by atoms with van der Waals surface area (Å²) in [5.41, 5.74) is 10.7. The maximum atomic E-state index is 15.0. The average Bonchev–Trinajstić information content (AvgIpc) is 3.92. The molecule has 0 aliphatic heterocycles. The number of hydrogen-bond donors (Lipinski definition) is 0. The molecule has 8 aromatic carbocycles. The monoisotopic (exact) mass is 908 g/mol. The highest BCUT2D eigenvalue weighted by atomic mass is 19.4. The van der Waals surface area contributed by atoms with E-state index < -0.39 is 11.7 Å². The van der Waals surface area contributed by atoms with Crippen LogP contribution in [-0.4, -0.2) is 19.1 Å². The fourth-order valence-electron chi connectivity index (χ4n) is 10.0. The van der Waals surface area contributed by atoms with Crippen molar-refractivity contribution in [1.82, 2.24) is 19.1 Å². The highest BCUT2D eigenvalue weighted by Crippen LogP contribution is 2.46. The molecule has 0 atom stereocenters. The molecule has 0 saturated carbocycles. The number of nitriles is 2. The standard InChI is InChI=1S/C61H35F3N6/c62-61(63,64)45-30-38(36-65)29-44(33-45)58-56(69-52-21-9-7-17-48(52)50-25-23-42(34-54(50)69)46-19-11-27-67-59(46)40-13-3-1-4-14-40)31-39(37-66)32-57(58)70-53-22-10-8-18-49(53)51-26-24-43(35-55(51)70)47-20-12-28-68-60(47)41-15-5-2-6-16-41/h1-35H. The van der Waals surface area contributed by atoms with Gasteiger partial charge in [0.1, 0.15) is 0 Å². The van der Waals surface area contributed by atoms with Gasteiger partial charge in [0, 0.05) is 61.8 Å². The van der Waals surface area contributed by atoms with E-state index in [0.717, 1.165) is 101 Å². The zero-order chi connectivity index (χ0) is 47.5. The zero-order valence-electron chi connectivity index (χ0n) is 37.0. The van der Waals surface area contributed by atoms with Gasteiger partial charge in [-0.05, 0) is 83.4 Å². The third-order valence-corrected chi connectivity index (χ3v) is 13.1. The fraction of sp³-hybridized carbons (Fsp3) is 0.0164.